The van der Waals surface area contributed by atoms with E-state index in [9.17, 15) is 14.9 Å². The predicted octanol–water partition coefficient (Wildman–Crippen LogP) is 2.56. The number of carbonyl (C=O) groups excluding carboxylic acids is 1. The summed E-state index contributed by atoms with van der Waals surface area (Å²) in [5, 5.41) is 14.2. The van der Waals surface area contributed by atoms with E-state index in [1.165, 1.54) is 11.3 Å². The summed E-state index contributed by atoms with van der Waals surface area (Å²) >= 11 is 1.54. The first kappa shape index (κ1) is 18.7. The van der Waals surface area contributed by atoms with Gasteiger partial charge in [0.1, 0.15) is 23.2 Å². The van der Waals surface area contributed by atoms with Gasteiger partial charge in [-0.05, 0) is 38.5 Å². The normalized spacial score (nSPS) is 12.0. The molecule has 0 saturated heterocycles. The fourth-order valence-electron chi connectivity index (χ4n) is 2.70. The van der Waals surface area contributed by atoms with E-state index in [-0.39, 0.29) is 24.1 Å². The zero-order chi connectivity index (χ0) is 19.7. The van der Waals surface area contributed by atoms with Gasteiger partial charge in [-0.15, -0.1) is 11.3 Å². The molecule has 0 bridgehead atoms. The maximum atomic E-state index is 12.7. The molecule has 3 aromatic rings. The number of aryl methyl sites for hydroxylation is 1. The Labute approximate surface area is 160 Å². The smallest absolute Gasteiger partial charge is 0.285 e. The fraction of sp³-hybridized carbons (Fsp3) is 0.316. The lowest BCUT2D eigenvalue weighted by atomic mass is 10.1. The second-order valence-corrected chi connectivity index (χ2v) is 7.42. The highest BCUT2D eigenvalue weighted by Crippen LogP contribution is 2.28. The predicted molar refractivity (Wildman–Crippen MR) is 103 cm³/mol. The van der Waals surface area contributed by atoms with Crippen LogP contribution in [-0.4, -0.2) is 32.6 Å². The summed E-state index contributed by atoms with van der Waals surface area (Å²) in [6, 6.07) is 9.47. The van der Waals surface area contributed by atoms with Gasteiger partial charge in [0, 0.05) is 7.05 Å². The number of nitriles is 1. The van der Waals surface area contributed by atoms with E-state index in [0.717, 1.165) is 19.9 Å². The molecule has 8 heteroatoms. The molecule has 0 aliphatic carbocycles. The van der Waals surface area contributed by atoms with E-state index in [0.29, 0.717) is 11.3 Å². The second-order valence-electron chi connectivity index (χ2n) is 6.36. The van der Waals surface area contributed by atoms with Crippen molar-refractivity contribution in [3.05, 3.63) is 56.4 Å². The van der Waals surface area contributed by atoms with Crippen LogP contribution in [0, 0.1) is 25.2 Å². The highest BCUT2D eigenvalue weighted by atomic mass is 32.1. The van der Waals surface area contributed by atoms with Gasteiger partial charge in [-0.2, -0.15) is 10.4 Å². The number of hydrogen-bond donors (Lipinski definition) is 0. The Kier molecular flexibility index (Phi) is 5.06. The van der Waals surface area contributed by atoms with Gasteiger partial charge in [0.25, 0.3) is 5.56 Å². The van der Waals surface area contributed by atoms with Crippen LogP contribution in [0.1, 0.15) is 34.8 Å². The topological polar surface area (TPSA) is 91.9 Å². The molecule has 2 aromatic heterocycles. The van der Waals surface area contributed by atoms with Crippen LogP contribution in [0.2, 0.25) is 0 Å². The molecular weight excluding hydrogens is 362 g/mol. The van der Waals surface area contributed by atoms with Crippen LogP contribution >= 0.6 is 11.3 Å². The maximum Gasteiger partial charge on any atom is 0.285 e. The molecule has 1 aromatic carbocycles. The minimum Gasteiger partial charge on any atom is -0.335 e. The molecule has 3 rings (SSSR count). The van der Waals surface area contributed by atoms with Gasteiger partial charge in [-0.1, -0.05) is 12.1 Å². The number of aromatic nitrogens is 3. The molecule has 138 valence electrons. The van der Waals surface area contributed by atoms with Crippen molar-refractivity contribution >= 4 is 27.5 Å². The van der Waals surface area contributed by atoms with Crippen LogP contribution in [0.4, 0.5) is 0 Å². The van der Waals surface area contributed by atoms with Crippen LogP contribution in [0.15, 0.2) is 29.1 Å². The van der Waals surface area contributed by atoms with E-state index in [1.807, 2.05) is 37.3 Å². The van der Waals surface area contributed by atoms with Gasteiger partial charge >= 0.3 is 0 Å². The second kappa shape index (κ2) is 7.29. The summed E-state index contributed by atoms with van der Waals surface area (Å²) in [6.45, 7) is 5.06. The summed E-state index contributed by atoms with van der Waals surface area (Å²) in [6.07, 6.45) is 0. The summed E-state index contributed by atoms with van der Waals surface area (Å²) < 4.78 is 2.12. The number of para-hydroxylation sites is 1. The van der Waals surface area contributed by atoms with E-state index in [2.05, 4.69) is 10.1 Å². The lowest BCUT2D eigenvalue weighted by Gasteiger charge is -2.23. The number of fused-ring (bicyclic) bond motifs is 1. The number of hydrogen-bond acceptors (Lipinski definition) is 6. The van der Waals surface area contributed by atoms with Gasteiger partial charge in [-0.3, -0.25) is 9.59 Å². The highest BCUT2D eigenvalue weighted by molar-refractivity contribution is 7.18. The van der Waals surface area contributed by atoms with E-state index < -0.39 is 5.56 Å². The Morgan fingerprint density at radius 3 is 2.74 bits per heavy atom. The van der Waals surface area contributed by atoms with Crippen molar-refractivity contribution in [2.75, 3.05) is 7.05 Å². The molecule has 0 saturated carbocycles. The Morgan fingerprint density at radius 1 is 1.37 bits per heavy atom. The fourth-order valence-corrected chi connectivity index (χ4v) is 3.76. The monoisotopic (exact) mass is 381 g/mol. The third-order valence-corrected chi connectivity index (χ3v) is 5.88. The first-order valence-corrected chi connectivity index (χ1v) is 9.24. The minimum absolute atomic E-state index is 0.0252. The molecule has 0 unspecified atom stereocenters. The SMILES string of the molecule is Cc1nn(CC(=O)N(C)[C@H](C)c2nc3ccccc3s2)c(=O)c(C#N)c1C. The molecule has 2 heterocycles. The lowest BCUT2D eigenvalue weighted by molar-refractivity contribution is -0.132. The van der Waals surface area contributed by atoms with Crippen LogP contribution in [-0.2, 0) is 11.3 Å². The number of likely N-dealkylation sites (N-methyl/N-ethyl adjacent to an activating group) is 1. The molecule has 0 fully saturated rings. The van der Waals surface area contributed by atoms with Crippen molar-refractivity contribution < 1.29 is 4.79 Å². The van der Waals surface area contributed by atoms with E-state index in [4.69, 9.17) is 0 Å². The molecule has 0 aliphatic heterocycles. The number of benzene rings is 1. The Morgan fingerprint density at radius 2 is 2.07 bits per heavy atom. The average Bonchev–Trinajstić information content (AvgIpc) is 3.09. The van der Waals surface area contributed by atoms with Gasteiger partial charge in [0.2, 0.25) is 5.91 Å². The highest BCUT2D eigenvalue weighted by Gasteiger charge is 2.22. The minimum atomic E-state index is -0.546. The Hall–Kier alpha value is -3.05. The standard InChI is InChI=1S/C19H19N5O2S/c1-11-12(2)22-24(19(26)14(11)9-20)10-17(25)23(4)13(3)18-21-15-7-5-6-8-16(15)27-18/h5-8,13H,10H2,1-4H3/t13-/m1/s1. The van der Waals surface area contributed by atoms with Gasteiger partial charge in [0.15, 0.2) is 0 Å². The molecule has 0 aliphatic rings. The van der Waals surface area contributed by atoms with Crippen molar-refractivity contribution in [3.8, 4) is 6.07 Å². The zero-order valence-electron chi connectivity index (χ0n) is 15.6. The number of amides is 1. The van der Waals surface area contributed by atoms with Gasteiger partial charge < -0.3 is 4.90 Å². The van der Waals surface area contributed by atoms with Crippen molar-refractivity contribution in [2.45, 2.75) is 33.4 Å². The van der Waals surface area contributed by atoms with Crippen molar-refractivity contribution in [1.82, 2.24) is 19.7 Å². The zero-order valence-corrected chi connectivity index (χ0v) is 16.4. The summed E-state index contributed by atoms with van der Waals surface area (Å²) in [7, 11) is 1.68. The molecule has 0 N–H and O–H groups in total. The quantitative estimate of drug-likeness (QED) is 0.692. The van der Waals surface area contributed by atoms with Gasteiger partial charge in [-0.25, -0.2) is 9.67 Å². The average molecular weight is 381 g/mol. The van der Waals surface area contributed by atoms with E-state index in [1.54, 1.807) is 25.8 Å². The third kappa shape index (κ3) is 3.46. The molecule has 1 amide bonds. The Balaban J connectivity index is 1.85. The van der Waals surface area contributed by atoms with Crippen LogP contribution in [0.3, 0.4) is 0 Å². The van der Waals surface area contributed by atoms with Crippen LogP contribution < -0.4 is 5.56 Å². The number of nitrogens with zero attached hydrogens (tertiary/aromatic N) is 5. The third-order valence-electron chi connectivity index (χ3n) is 4.68. The largest absolute Gasteiger partial charge is 0.335 e. The van der Waals surface area contributed by atoms with E-state index >= 15 is 0 Å². The molecule has 7 nitrogen and oxygen atoms in total. The summed E-state index contributed by atoms with van der Waals surface area (Å²) in [4.78, 5) is 31.2. The summed E-state index contributed by atoms with van der Waals surface area (Å²) in [5.74, 6) is -0.275. The lowest BCUT2D eigenvalue weighted by Crippen LogP contribution is -2.37. The molecular formula is C19H19N5O2S. The van der Waals surface area contributed by atoms with Gasteiger partial charge in [0.05, 0.1) is 22.0 Å². The Bertz CT molecular complexity index is 1090. The number of thiazole rings is 1. The molecule has 1 atom stereocenters. The first-order valence-electron chi connectivity index (χ1n) is 8.43. The van der Waals surface area contributed by atoms with Crippen LogP contribution in [0.5, 0.6) is 0 Å². The van der Waals surface area contributed by atoms with Crippen molar-refractivity contribution in [1.29, 1.82) is 5.26 Å². The number of carbonyl (C=O) groups is 1. The molecule has 0 spiro atoms. The van der Waals surface area contributed by atoms with Crippen LogP contribution in [0.25, 0.3) is 10.2 Å². The molecule has 27 heavy (non-hydrogen) atoms. The maximum absolute atomic E-state index is 12.7. The summed E-state index contributed by atoms with van der Waals surface area (Å²) in [5.41, 5.74) is 1.48. The van der Waals surface area contributed by atoms with Crippen molar-refractivity contribution in [2.24, 2.45) is 0 Å². The number of rotatable bonds is 4. The molecule has 0 radical (unpaired) electrons. The first-order chi connectivity index (χ1) is 12.8. The van der Waals surface area contributed by atoms with Crippen molar-refractivity contribution in [3.63, 3.8) is 0 Å².